The zero-order valence-corrected chi connectivity index (χ0v) is 77.0. The average Bonchev–Trinajstić information content (AvgIpc) is 0.927. The predicted molar refractivity (Wildman–Crippen MR) is 463 cm³/mol. The van der Waals surface area contributed by atoms with Crippen LogP contribution in [0, 0.1) is 83.3 Å². The number of nitrogens with one attached hydrogen (secondary N) is 2. The fourth-order valence-electron chi connectivity index (χ4n) is 15.0. The van der Waals surface area contributed by atoms with E-state index >= 15 is 0 Å². The van der Waals surface area contributed by atoms with Crippen molar-refractivity contribution in [3.63, 3.8) is 0 Å². The fourth-order valence-corrected chi connectivity index (χ4v) is 16.6. The molecule has 0 aliphatic carbocycles. The highest BCUT2D eigenvalue weighted by atomic mass is 32.1. The van der Waals surface area contributed by atoms with E-state index in [-0.39, 0.29) is 120 Å². The Morgan fingerprint density at radius 1 is 0.597 bits per heavy atom. The molecule has 26 nitrogen and oxygen atoms in total. The van der Waals surface area contributed by atoms with Crippen molar-refractivity contribution in [3.05, 3.63) is 143 Å². The van der Waals surface area contributed by atoms with Gasteiger partial charge in [-0.2, -0.15) is 8.78 Å². The summed E-state index contributed by atoms with van der Waals surface area (Å²) in [5.41, 5.74) is 12.4. The number of Topliss-reactive ketones (excluding diaryl/α,β-unsaturated/α-hetero) is 1. The molecule has 2 aliphatic heterocycles. The zero-order valence-electron chi connectivity index (χ0n) is 75.4. The molecule has 0 spiro atoms. The Morgan fingerprint density at radius 3 is 1.40 bits per heavy atom. The maximum Gasteiger partial charge on any atom is 0.328 e. The monoisotopic (exact) mass is 1780 g/mol. The summed E-state index contributed by atoms with van der Waals surface area (Å²) in [5, 5.41) is 36.6. The number of likely N-dealkylation sites (tertiary alicyclic amines) is 2. The average molecular weight is 1790 g/mol. The summed E-state index contributed by atoms with van der Waals surface area (Å²) in [5.74, 6) is -17.2. The van der Waals surface area contributed by atoms with Crippen molar-refractivity contribution in [1.29, 1.82) is 0 Å². The van der Waals surface area contributed by atoms with Gasteiger partial charge in [0.1, 0.15) is 51.5 Å². The normalized spacial score (nSPS) is 17.0. The van der Waals surface area contributed by atoms with Crippen LogP contribution in [0.3, 0.4) is 0 Å². The predicted octanol–water partition coefficient (Wildman–Crippen LogP) is 16.4. The highest BCUT2D eigenvalue weighted by Gasteiger charge is 2.41. The maximum absolute atomic E-state index is 14.5. The molecule has 2 fully saturated rings. The lowest BCUT2D eigenvalue weighted by atomic mass is 9.82. The third kappa shape index (κ3) is 33.1. The number of hydrogen-bond donors (Lipinski definition) is 4. The first kappa shape index (κ1) is 107. The van der Waals surface area contributed by atoms with Crippen LogP contribution in [0.15, 0.2) is 64.4 Å². The van der Waals surface area contributed by atoms with Gasteiger partial charge in [0.2, 0.25) is 46.6 Å². The molecule has 0 radical (unpaired) electrons. The number of ether oxygens (including phenoxy) is 4. The van der Waals surface area contributed by atoms with Crippen molar-refractivity contribution in [2.24, 2.45) is 46.5 Å². The largest absolute Gasteiger partial charge is 0.469 e. The lowest BCUT2D eigenvalue weighted by molar-refractivity contribution is -0.146. The number of esters is 4. The second-order valence-electron chi connectivity index (χ2n) is 32.9. The second-order valence-corrected chi connectivity index (χ2v) is 34.7. The molecular weight excluding hydrogens is 1650 g/mol. The van der Waals surface area contributed by atoms with Crippen LogP contribution in [0.1, 0.15) is 253 Å². The molecule has 6 unspecified atom stereocenters. The molecule has 5 aromatic rings. The molecule has 7 rings (SSSR count). The Labute approximate surface area is 734 Å². The molecule has 34 heteroatoms. The molecule has 690 valence electrons. The number of piperidine rings is 2. The Balaban J connectivity index is 0.000000403. The number of hydrogen-bond acceptors (Lipinski definition) is 22. The topological polar surface area (TPSA) is 343 Å². The third-order valence-electron chi connectivity index (χ3n) is 22.6. The number of carbonyl (C=O) groups excluding carboxylic acids is 9. The van der Waals surface area contributed by atoms with Gasteiger partial charge in [0.15, 0.2) is 5.78 Å². The van der Waals surface area contributed by atoms with Gasteiger partial charge in [-0.1, -0.05) is 156 Å². The fraction of sp³-hybridized carbons (Fsp3) is 0.633. The Kier molecular flexibility index (Phi) is 46.9. The van der Waals surface area contributed by atoms with Crippen LogP contribution in [-0.4, -0.2) is 196 Å². The maximum atomic E-state index is 14.5. The van der Waals surface area contributed by atoms with Gasteiger partial charge in [-0.25, -0.2) is 32.3 Å². The first-order valence-corrected chi connectivity index (χ1v) is 44.7. The number of ketones is 1. The minimum absolute atomic E-state index is 0.0195. The number of methoxy groups -OCH3 is 2. The molecule has 0 saturated carbocycles. The number of halogens is 6. The number of likely N-dealkylation sites (N-methyl/N-ethyl adjacent to an activating group) is 2. The number of thiazole rings is 2. The van der Waals surface area contributed by atoms with E-state index in [0.717, 1.165) is 73.1 Å². The van der Waals surface area contributed by atoms with Crippen molar-refractivity contribution in [1.82, 2.24) is 40.2 Å². The van der Waals surface area contributed by atoms with E-state index in [2.05, 4.69) is 72.7 Å². The molecular formula is C90H131F6N11O15S2. The number of aromatic nitrogens is 2. The van der Waals surface area contributed by atoms with Gasteiger partial charge in [-0.15, -0.1) is 22.7 Å². The lowest BCUT2D eigenvalue weighted by Crippen LogP contribution is -2.50. The van der Waals surface area contributed by atoms with E-state index in [1.807, 2.05) is 84.7 Å². The summed E-state index contributed by atoms with van der Waals surface area (Å²) in [6, 6.07) is 10.8. The van der Waals surface area contributed by atoms with Gasteiger partial charge in [0.25, 0.3) is 11.8 Å². The zero-order chi connectivity index (χ0) is 92.9. The molecule has 2 aromatic heterocycles. The van der Waals surface area contributed by atoms with Crippen LogP contribution < -0.4 is 15.4 Å². The minimum Gasteiger partial charge on any atom is -0.469 e. The van der Waals surface area contributed by atoms with E-state index in [4.69, 9.17) is 15.0 Å². The van der Waals surface area contributed by atoms with Gasteiger partial charge in [0, 0.05) is 85.0 Å². The van der Waals surface area contributed by atoms with E-state index in [1.165, 1.54) is 44.6 Å². The van der Waals surface area contributed by atoms with Crippen molar-refractivity contribution >= 4 is 76.0 Å². The third-order valence-corrected chi connectivity index (χ3v) is 24.5. The number of benzene rings is 3. The van der Waals surface area contributed by atoms with Crippen LogP contribution >= 0.6 is 22.7 Å². The molecule has 4 heterocycles. The number of aliphatic hydroxyl groups excluding tert-OH is 2. The number of amides is 4. The lowest BCUT2D eigenvalue weighted by Gasteiger charge is -2.39. The van der Waals surface area contributed by atoms with Crippen molar-refractivity contribution in [2.75, 3.05) is 61.1 Å². The molecule has 4 amide bonds. The molecule has 3 aromatic carbocycles. The molecule has 2 saturated heterocycles. The number of azide groups is 1. The molecule has 2 aliphatic rings. The van der Waals surface area contributed by atoms with E-state index in [1.54, 1.807) is 60.5 Å². The summed E-state index contributed by atoms with van der Waals surface area (Å²) in [7, 11) is 6.28. The van der Waals surface area contributed by atoms with Crippen LogP contribution in [0.2, 0.25) is 0 Å². The Hall–Kier alpha value is -8.92. The summed E-state index contributed by atoms with van der Waals surface area (Å²) in [6.07, 6.45) is 8.01. The van der Waals surface area contributed by atoms with Gasteiger partial charge in [-0.05, 0) is 158 Å². The van der Waals surface area contributed by atoms with Crippen LogP contribution in [-0.2, 0) is 60.6 Å². The van der Waals surface area contributed by atoms with Gasteiger partial charge < -0.3 is 49.6 Å². The molecule has 4 N–H and O–H groups in total. The summed E-state index contributed by atoms with van der Waals surface area (Å²) in [4.78, 5) is 134. The standard InChI is InChI=1S/C41H64N4O6S.C32H47FN6O5S.C13H12F5NO2.C4H8O2/c1-10-19-45(40(49)32(28(6)11-2)23-36(46)34-14-12-13-20-44(34)8)35(26(3)4)24-37(47)39-43-33(25-52-39)38(48)42-31(21-29(7)41(50)51-9)22-30-17-15-27(5)16-18-30;1-8-14-39(31(42)28(37-38-34)20(5)9-2)26(19(3)4)17-27(40)30-36-25(18-45-30)29(41)35-24(15-21(6)32(43)44-7)16-22-10-12-23(33)13-11-22;1-19-5-3-2-4-6(19)13(20)21-12-10(17)8(15)7(14)9(16)11(12)18;1-3-6-4(2)5/h15-18,25-26,28-29,31-32,34-35,37,47H,10-14,19-24H2,1-9H3,(H,42,48);10-13,18-21,24,26-28,40H,8-9,14-17H2,1-7H3,(H,35,41);6H,2-5H2,1H3;3H2,1-2H3/t28?,29-,31+,32-,34?,35?,37+;20?,21-,24+,26?,27+,28-;;/m00../s1. The number of aryl methyl sites for hydroxylation is 1. The van der Waals surface area contributed by atoms with Gasteiger partial charge in [0.05, 0.1) is 38.7 Å². The van der Waals surface area contributed by atoms with E-state index in [0.29, 0.717) is 87.6 Å². The van der Waals surface area contributed by atoms with E-state index in [9.17, 15) is 79.7 Å². The second kappa shape index (κ2) is 54.2. The number of aliphatic hydroxyl groups is 2. The van der Waals surface area contributed by atoms with Crippen LogP contribution in [0.4, 0.5) is 26.3 Å². The minimum atomic E-state index is -2.29. The first-order chi connectivity index (χ1) is 58.7. The number of carbonyl (C=O) groups is 9. The SMILES string of the molecule is CCCN(C(=O)[C@@H](CC(=O)C1CCCCN1C)C(C)CC)C(C[C@@H](O)c1nc(C(=O)N[C@@H](Cc2ccc(C)cc2)C[C@H](C)C(=O)OC)cs1)C(C)C.CCCN(C(=O)[C@@H](N=[N+]=[N-])C(C)CC)C(C[C@@H](O)c1nc(C(=O)N[C@@H](Cc2ccc(F)cc2)C[C@H](C)C(=O)OC)cs1)C(C)C.CCOC(C)=O.CN1CCCCC1C(=O)Oc1c(F)c(F)c(F)c(F)c1F. The van der Waals surface area contributed by atoms with Crippen LogP contribution in [0.5, 0.6) is 5.75 Å². The van der Waals surface area contributed by atoms with E-state index < -0.39 is 101 Å². The molecule has 124 heavy (non-hydrogen) atoms. The molecule has 0 bridgehead atoms. The smallest absolute Gasteiger partial charge is 0.328 e. The van der Waals surface area contributed by atoms with Crippen LogP contribution in [0.25, 0.3) is 10.4 Å². The summed E-state index contributed by atoms with van der Waals surface area (Å²) < 4.78 is 97.8. The first-order valence-electron chi connectivity index (χ1n) is 43.0. The Morgan fingerprint density at radius 2 is 1.02 bits per heavy atom. The van der Waals surface area contributed by atoms with Crippen molar-refractivity contribution in [2.45, 2.75) is 268 Å². The highest BCUT2D eigenvalue weighted by molar-refractivity contribution is 7.10. The summed E-state index contributed by atoms with van der Waals surface area (Å²) >= 11 is 2.36. The van der Waals surface area contributed by atoms with Crippen molar-refractivity contribution < 1.29 is 98.7 Å². The molecule has 14 atom stereocenters. The Bertz CT molecular complexity index is 4240. The number of nitrogens with zero attached hydrogens (tertiary/aromatic N) is 9. The van der Waals surface area contributed by atoms with Gasteiger partial charge in [-0.3, -0.25) is 48.2 Å². The quantitative estimate of drug-likeness (QED) is 0.00325. The van der Waals surface area contributed by atoms with Crippen molar-refractivity contribution in [3.8, 4) is 5.75 Å². The number of rotatable bonds is 41. The highest BCUT2D eigenvalue weighted by Crippen LogP contribution is 2.36. The summed E-state index contributed by atoms with van der Waals surface area (Å²) in [6.45, 7) is 31.6. The van der Waals surface area contributed by atoms with Gasteiger partial charge >= 0.3 is 23.9 Å².